The SMILES string of the molecule is CC[C@@H]1CC/C=C/C(CN2CCN3CCCC[C@@H]3C2)(OC)[C@@H]2CC[C@H]2CN2CCCCc3cc(Cl)ccc3COc3ccc(cc32)C(=O)N(C)S1(=O)=O. The number of hydrogen-bond acceptors (Lipinski definition) is 8. The van der Waals surface area contributed by atoms with Gasteiger partial charge in [0.15, 0.2) is 0 Å². The molecule has 53 heavy (non-hydrogen) atoms. The Balaban J connectivity index is 1.26. The molecule has 4 aliphatic heterocycles. The quantitative estimate of drug-likeness (QED) is 0.303. The standard InChI is InChI=1S/C42H59ClN4O5S/c1-4-37-13-5-8-20-42(51-3,30-45-23-24-46-21-10-7-12-36(46)28-45)38-18-15-33(38)27-47-22-9-6-11-31-25-35(43)17-14-34(31)29-52-40-19-16-32(26-39(40)47)41(48)44(2)53(37,49)50/h8,14,16-17,19-20,25-26,33,36-38H,4-7,9-13,15,18,21-24,27-30H2,1-3H3/b20-8+/t33-,36+,37+,38+,42?/m0/s1. The van der Waals surface area contributed by atoms with Crippen molar-refractivity contribution in [1.29, 1.82) is 0 Å². The van der Waals surface area contributed by atoms with Crippen molar-refractivity contribution >= 4 is 33.2 Å². The number of halogens is 1. The zero-order valence-corrected chi connectivity index (χ0v) is 33.6. The maximum Gasteiger partial charge on any atom is 0.267 e. The van der Waals surface area contributed by atoms with Gasteiger partial charge < -0.3 is 14.4 Å². The second-order valence-electron chi connectivity index (χ2n) is 16.1. The minimum Gasteiger partial charge on any atom is -0.487 e. The number of hydrogen-bond donors (Lipinski definition) is 0. The van der Waals surface area contributed by atoms with Crippen LogP contribution in [0.15, 0.2) is 48.6 Å². The smallest absolute Gasteiger partial charge is 0.267 e. The number of carbonyl (C=O) groups is 1. The van der Waals surface area contributed by atoms with Crippen molar-refractivity contribution < 1.29 is 22.7 Å². The third kappa shape index (κ3) is 8.18. The molecule has 1 aliphatic carbocycles. The summed E-state index contributed by atoms with van der Waals surface area (Å²) in [5.41, 5.74) is 3.01. The van der Waals surface area contributed by atoms with Crippen molar-refractivity contribution in [3.05, 3.63) is 70.3 Å². The molecule has 5 atom stereocenters. The summed E-state index contributed by atoms with van der Waals surface area (Å²) in [4.78, 5) is 21.7. The fraction of sp³-hybridized carbons (Fsp3) is 0.643. The van der Waals surface area contributed by atoms with Gasteiger partial charge in [-0.25, -0.2) is 12.7 Å². The summed E-state index contributed by atoms with van der Waals surface area (Å²) in [6.07, 6.45) is 14.9. The van der Waals surface area contributed by atoms with Crippen molar-refractivity contribution in [2.75, 3.05) is 64.9 Å². The first kappa shape index (κ1) is 38.6. The van der Waals surface area contributed by atoms with E-state index in [4.69, 9.17) is 21.1 Å². The first-order chi connectivity index (χ1) is 25.6. The largest absolute Gasteiger partial charge is 0.487 e. The van der Waals surface area contributed by atoms with Gasteiger partial charge in [-0.3, -0.25) is 14.6 Å². The number of benzene rings is 2. The molecule has 0 N–H and O–H groups in total. The summed E-state index contributed by atoms with van der Waals surface area (Å²) in [5, 5.41) is 0.0556. The number of anilines is 1. The van der Waals surface area contributed by atoms with E-state index in [-0.39, 0.29) is 0 Å². The van der Waals surface area contributed by atoms with Gasteiger partial charge >= 0.3 is 0 Å². The summed E-state index contributed by atoms with van der Waals surface area (Å²) in [7, 11) is -0.618. The Labute approximate surface area is 322 Å². The summed E-state index contributed by atoms with van der Waals surface area (Å²) in [6.45, 7) is 9.13. The van der Waals surface area contributed by atoms with Crippen LogP contribution in [-0.2, 0) is 27.8 Å². The predicted octanol–water partition coefficient (Wildman–Crippen LogP) is 7.17. The summed E-state index contributed by atoms with van der Waals surface area (Å²) in [5.74, 6) is 0.863. The maximum absolute atomic E-state index is 14.0. The summed E-state index contributed by atoms with van der Waals surface area (Å²) >= 11 is 6.43. The molecule has 1 amide bonds. The van der Waals surface area contributed by atoms with Crippen LogP contribution in [-0.4, -0.2) is 105 Å². The minimum absolute atomic E-state index is 0.302. The van der Waals surface area contributed by atoms with Gasteiger partial charge in [0.2, 0.25) is 10.0 Å². The molecule has 7 rings (SSSR count). The number of fused-ring (bicyclic) bond motifs is 4. The number of piperazine rings is 1. The molecule has 3 fully saturated rings. The highest BCUT2D eigenvalue weighted by atomic mass is 35.5. The third-order valence-corrected chi connectivity index (χ3v) is 15.7. The molecule has 0 aromatic heterocycles. The highest BCUT2D eigenvalue weighted by Crippen LogP contribution is 2.47. The van der Waals surface area contributed by atoms with E-state index >= 15 is 0 Å². The average Bonchev–Trinajstić information content (AvgIpc) is 3.18. The van der Waals surface area contributed by atoms with E-state index in [1.165, 1.54) is 38.4 Å². The molecule has 2 aromatic rings. The van der Waals surface area contributed by atoms with Gasteiger partial charge in [-0.1, -0.05) is 43.2 Å². The average molecular weight is 767 g/mol. The second kappa shape index (κ2) is 16.6. The topological polar surface area (TPSA) is 82.6 Å². The number of nitrogens with zero attached hydrogens (tertiary/aromatic N) is 4. The zero-order valence-electron chi connectivity index (χ0n) is 32.0. The Bertz CT molecular complexity index is 1750. The summed E-state index contributed by atoms with van der Waals surface area (Å²) in [6, 6.07) is 12.1. The monoisotopic (exact) mass is 766 g/mol. The van der Waals surface area contributed by atoms with Gasteiger partial charge in [0.25, 0.3) is 5.91 Å². The first-order valence-electron chi connectivity index (χ1n) is 20.1. The molecule has 290 valence electrons. The highest BCUT2D eigenvalue weighted by Gasteiger charge is 2.49. The van der Waals surface area contributed by atoms with E-state index in [0.717, 1.165) is 92.0 Å². The van der Waals surface area contributed by atoms with Crippen molar-refractivity contribution in [2.24, 2.45) is 11.8 Å². The molecule has 2 aromatic carbocycles. The number of aryl methyl sites for hydroxylation is 1. The second-order valence-corrected chi connectivity index (χ2v) is 18.8. The fourth-order valence-corrected chi connectivity index (χ4v) is 11.6. The molecule has 5 aliphatic rings. The first-order valence-corrected chi connectivity index (χ1v) is 22.0. The van der Waals surface area contributed by atoms with Gasteiger partial charge in [0.05, 0.1) is 10.9 Å². The van der Waals surface area contributed by atoms with E-state index in [1.54, 1.807) is 6.07 Å². The van der Waals surface area contributed by atoms with Gasteiger partial charge in [-0.15, -0.1) is 0 Å². The Kier molecular flexibility index (Phi) is 12.1. The van der Waals surface area contributed by atoms with E-state index in [9.17, 15) is 13.2 Å². The van der Waals surface area contributed by atoms with E-state index in [0.29, 0.717) is 55.1 Å². The van der Waals surface area contributed by atoms with Crippen LogP contribution >= 0.6 is 11.6 Å². The normalized spacial score (nSPS) is 30.8. The van der Waals surface area contributed by atoms with Gasteiger partial charge in [-0.05, 0) is 124 Å². The van der Waals surface area contributed by atoms with Gasteiger partial charge in [0.1, 0.15) is 18.0 Å². The lowest BCUT2D eigenvalue weighted by atomic mass is 9.63. The lowest BCUT2D eigenvalue weighted by Gasteiger charge is -2.53. The fourth-order valence-electron chi connectivity index (χ4n) is 9.73. The van der Waals surface area contributed by atoms with Crippen LogP contribution in [0.3, 0.4) is 0 Å². The Morgan fingerprint density at radius 2 is 1.79 bits per heavy atom. The lowest BCUT2D eigenvalue weighted by Crippen LogP contribution is -2.61. The van der Waals surface area contributed by atoms with E-state index < -0.39 is 26.8 Å². The number of carbonyl (C=O) groups excluding carboxylic acids is 1. The van der Waals surface area contributed by atoms with E-state index in [2.05, 4.69) is 32.9 Å². The molecule has 1 unspecified atom stereocenters. The van der Waals surface area contributed by atoms with Crippen molar-refractivity contribution in [3.63, 3.8) is 0 Å². The molecule has 0 spiro atoms. The molecule has 0 radical (unpaired) electrons. The third-order valence-electron chi connectivity index (χ3n) is 13.1. The van der Waals surface area contributed by atoms with Crippen LogP contribution < -0.4 is 9.64 Å². The molecule has 1 saturated carbocycles. The van der Waals surface area contributed by atoms with Crippen LogP contribution in [0.25, 0.3) is 0 Å². The molecule has 11 heteroatoms. The number of sulfonamides is 1. The molecule has 2 saturated heterocycles. The molecular formula is C42H59ClN4O5S. The maximum atomic E-state index is 14.0. The van der Waals surface area contributed by atoms with Crippen LogP contribution in [0.2, 0.25) is 5.02 Å². The van der Waals surface area contributed by atoms with Gasteiger partial charge in [0, 0.05) is 70.1 Å². The molecule has 9 nitrogen and oxygen atoms in total. The Morgan fingerprint density at radius 3 is 2.58 bits per heavy atom. The molecule has 4 heterocycles. The van der Waals surface area contributed by atoms with Crippen LogP contribution in [0.1, 0.15) is 92.6 Å². The molecule has 2 bridgehead atoms. The summed E-state index contributed by atoms with van der Waals surface area (Å²) < 4.78 is 42.3. The lowest BCUT2D eigenvalue weighted by molar-refractivity contribution is -0.1000. The predicted molar refractivity (Wildman–Crippen MR) is 212 cm³/mol. The number of ether oxygens (including phenoxy) is 2. The van der Waals surface area contributed by atoms with Crippen molar-refractivity contribution in [2.45, 2.75) is 101 Å². The number of piperidine rings is 1. The number of rotatable bonds is 4. The Morgan fingerprint density at radius 1 is 0.943 bits per heavy atom. The van der Waals surface area contributed by atoms with Crippen LogP contribution in [0.5, 0.6) is 5.75 Å². The van der Waals surface area contributed by atoms with Gasteiger partial charge in [-0.2, -0.15) is 0 Å². The molecular weight excluding hydrogens is 708 g/mol. The number of amides is 1. The number of allylic oxidation sites excluding steroid dienone is 1. The van der Waals surface area contributed by atoms with Crippen molar-refractivity contribution in [1.82, 2.24) is 14.1 Å². The number of methoxy groups -OCH3 is 1. The minimum atomic E-state index is -3.90. The van der Waals surface area contributed by atoms with Crippen LogP contribution in [0.4, 0.5) is 5.69 Å². The highest BCUT2D eigenvalue weighted by molar-refractivity contribution is 7.90. The zero-order chi connectivity index (χ0) is 37.2. The Hall–Kier alpha value is -2.63. The van der Waals surface area contributed by atoms with Crippen molar-refractivity contribution in [3.8, 4) is 5.75 Å². The van der Waals surface area contributed by atoms with Crippen LogP contribution in [0, 0.1) is 11.8 Å². The van der Waals surface area contributed by atoms with E-state index in [1.807, 2.05) is 38.3 Å².